The predicted molar refractivity (Wildman–Crippen MR) is 75.0 cm³/mol. The Morgan fingerprint density at radius 2 is 1.33 bits per heavy atom. The highest BCUT2D eigenvalue weighted by Crippen LogP contribution is 2.11. The lowest BCUT2D eigenvalue weighted by molar-refractivity contribution is 0.415. The fourth-order valence-electron chi connectivity index (χ4n) is 1.54. The van der Waals surface area contributed by atoms with Gasteiger partial charge in [-0.1, -0.05) is 11.8 Å². The number of ether oxygens (including phenoxy) is 1. The quantitative estimate of drug-likeness (QED) is 0.810. The van der Waals surface area contributed by atoms with Crippen molar-refractivity contribution >= 4 is 5.69 Å². The third-order valence-corrected chi connectivity index (χ3v) is 2.61. The minimum Gasteiger partial charge on any atom is -0.497 e. The number of anilines is 1. The molecule has 0 bridgehead atoms. The van der Waals surface area contributed by atoms with Gasteiger partial charge in [-0.25, -0.2) is 0 Å². The molecular formula is C16H15NO. The topological polar surface area (TPSA) is 21.3 Å². The van der Waals surface area contributed by atoms with Gasteiger partial charge in [0.25, 0.3) is 0 Å². The molecule has 0 heterocycles. The summed E-state index contributed by atoms with van der Waals surface area (Å²) in [5.74, 6) is 7.10. The molecule has 0 spiro atoms. The van der Waals surface area contributed by atoms with E-state index in [0.717, 1.165) is 22.6 Å². The molecule has 0 amide bonds. The summed E-state index contributed by atoms with van der Waals surface area (Å²) in [5.41, 5.74) is 3.07. The van der Waals surface area contributed by atoms with Crippen molar-refractivity contribution in [2.75, 3.05) is 19.5 Å². The molecule has 0 saturated heterocycles. The van der Waals surface area contributed by atoms with E-state index < -0.39 is 0 Å². The maximum atomic E-state index is 5.10. The van der Waals surface area contributed by atoms with Gasteiger partial charge in [-0.2, -0.15) is 0 Å². The molecular weight excluding hydrogens is 222 g/mol. The van der Waals surface area contributed by atoms with Crippen molar-refractivity contribution < 1.29 is 4.74 Å². The number of hydrogen-bond donors (Lipinski definition) is 1. The Labute approximate surface area is 108 Å². The fourth-order valence-corrected chi connectivity index (χ4v) is 1.54. The Bertz CT molecular complexity index is 507. The number of methoxy groups -OCH3 is 1. The Morgan fingerprint density at radius 1 is 0.833 bits per heavy atom. The largest absolute Gasteiger partial charge is 0.497 e. The second-order valence-electron chi connectivity index (χ2n) is 3.81. The zero-order valence-corrected chi connectivity index (χ0v) is 10.5. The second-order valence-corrected chi connectivity index (χ2v) is 3.81. The highest BCUT2D eigenvalue weighted by Gasteiger charge is 1.91. The van der Waals surface area contributed by atoms with Crippen LogP contribution in [0.5, 0.6) is 5.75 Å². The maximum Gasteiger partial charge on any atom is 0.118 e. The SMILES string of the molecule is CNc1ccc(C#Cc2ccc(OC)cc2)cc1. The summed E-state index contributed by atoms with van der Waals surface area (Å²) in [4.78, 5) is 0. The van der Waals surface area contributed by atoms with E-state index in [9.17, 15) is 0 Å². The highest BCUT2D eigenvalue weighted by atomic mass is 16.5. The van der Waals surface area contributed by atoms with Gasteiger partial charge in [-0.05, 0) is 48.5 Å². The van der Waals surface area contributed by atoms with Crippen LogP contribution >= 0.6 is 0 Å². The average molecular weight is 237 g/mol. The van der Waals surface area contributed by atoms with Crippen LogP contribution in [0.3, 0.4) is 0 Å². The maximum absolute atomic E-state index is 5.10. The molecule has 0 radical (unpaired) electrons. The van der Waals surface area contributed by atoms with E-state index in [1.807, 2.05) is 55.6 Å². The standard InChI is InChI=1S/C16H15NO/c1-17-15-9-5-13(6-10-15)3-4-14-7-11-16(18-2)12-8-14/h5-12,17H,1-2H3. The minimum absolute atomic E-state index is 0.846. The first-order chi connectivity index (χ1) is 8.81. The van der Waals surface area contributed by atoms with Crippen LogP contribution in [0, 0.1) is 11.8 Å². The van der Waals surface area contributed by atoms with Crippen molar-refractivity contribution in [1.82, 2.24) is 0 Å². The monoisotopic (exact) mass is 237 g/mol. The molecule has 0 saturated carbocycles. The Hall–Kier alpha value is -2.40. The normalized spacial score (nSPS) is 9.22. The number of rotatable bonds is 2. The Kier molecular flexibility index (Phi) is 3.88. The molecule has 0 aliphatic carbocycles. The van der Waals surface area contributed by atoms with Crippen molar-refractivity contribution in [1.29, 1.82) is 0 Å². The second kappa shape index (κ2) is 5.79. The summed E-state index contributed by atoms with van der Waals surface area (Å²) in [5, 5.41) is 3.08. The summed E-state index contributed by atoms with van der Waals surface area (Å²) < 4.78 is 5.10. The molecule has 2 heteroatoms. The lowest BCUT2D eigenvalue weighted by Gasteiger charge is -1.98. The van der Waals surface area contributed by atoms with E-state index in [-0.39, 0.29) is 0 Å². The molecule has 1 N–H and O–H groups in total. The van der Waals surface area contributed by atoms with Gasteiger partial charge in [0.15, 0.2) is 0 Å². The third kappa shape index (κ3) is 3.05. The van der Waals surface area contributed by atoms with E-state index in [2.05, 4.69) is 17.2 Å². The summed E-state index contributed by atoms with van der Waals surface area (Å²) >= 11 is 0. The van der Waals surface area contributed by atoms with Crippen LogP contribution in [-0.2, 0) is 0 Å². The van der Waals surface area contributed by atoms with Gasteiger partial charge < -0.3 is 10.1 Å². The van der Waals surface area contributed by atoms with Crippen LogP contribution in [0.4, 0.5) is 5.69 Å². The molecule has 2 aromatic carbocycles. The van der Waals surface area contributed by atoms with E-state index in [1.54, 1.807) is 7.11 Å². The Morgan fingerprint density at radius 3 is 1.78 bits per heavy atom. The summed E-state index contributed by atoms with van der Waals surface area (Å²) in [6.45, 7) is 0. The van der Waals surface area contributed by atoms with Crippen molar-refractivity contribution in [2.24, 2.45) is 0 Å². The van der Waals surface area contributed by atoms with Gasteiger partial charge in [0.05, 0.1) is 7.11 Å². The molecule has 0 aromatic heterocycles. The first kappa shape index (κ1) is 12.1. The van der Waals surface area contributed by atoms with E-state index in [4.69, 9.17) is 4.74 Å². The van der Waals surface area contributed by atoms with Gasteiger partial charge in [0, 0.05) is 23.9 Å². The third-order valence-electron chi connectivity index (χ3n) is 2.61. The lowest BCUT2D eigenvalue weighted by Crippen LogP contribution is -1.86. The van der Waals surface area contributed by atoms with Crippen LogP contribution in [-0.4, -0.2) is 14.2 Å². The zero-order chi connectivity index (χ0) is 12.8. The molecule has 0 fully saturated rings. The highest BCUT2D eigenvalue weighted by molar-refractivity contribution is 5.50. The van der Waals surface area contributed by atoms with Crippen molar-refractivity contribution in [2.45, 2.75) is 0 Å². The van der Waals surface area contributed by atoms with Crippen molar-refractivity contribution in [3.8, 4) is 17.6 Å². The first-order valence-corrected chi connectivity index (χ1v) is 5.76. The number of nitrogens with one attached hydrogen (secondary N) is 1. The molecule has 0 aliphatic heterocycles. The van der Waals surface area contributed by atoms with Gasteiger partial charge in [0.2, 0.25) is 0 Å². The van der Waals surface area contributed by atoms with Gasteiger partial charge >= 0.3 is 0 Å². The van der Waals surface area contributed by atoms with Gasteiger partial charge in [-0.3, -0.25) is 0 Å². The minimum atomic E-state index is 0.846. The molecule has 2 rings (SSSR count). The molecule has 0 unspecified atom stereocenters. The molecule has 18 heavy (non-hydrogen) atoms. The van der Waals surface area contributed by atoms with E-state index >= 15 is 0 Å². The van der Waals surface area contributed by atoms with Crippen LogP contribution in [0.2, 0.25) is 0 Å². The van der Waals surface area contributed by atoms with Crippen LogP contribution in [0.1, 0.15) is 11.1 Å². The Balaban J connectivity index is 2.14. The van der Waals surface area contributed by atoms with Crippen LogP contribution in [0.15, 0.2) is 48.5 Å². The van der Waals surface area contributed by atoms with Crippen LogP contribution in [0.25, 0.3) is 0 Å². The summed E-state index contributed by atoms with van der Waals surface area (Å²) in [6, 6.07) is 15.8. The molecule has 2 aromatic rings. The smallest absolute Gasteiger partial charge is 0.118 e. The fraction of sp³-hybridized carbons (Fsp3) is 0.125. The molecule has 0 atom stereocenters. The van der Waals surface area contributed by atoms with E-state index in [1.165, 1.54) is 0 Å². The molecule has 0 aliphatic rings. The summed E-state index contributed by atoms with van der Waals surface area (Å²) in [6.07, 6.45) is 0. The first-order valence-electron chi connectivity index (χ1n) is 5.76. The van der Waals surface area contributed by atoms with Gasteiger partial charge in [0.1, 0.15) is 5.75 Å². The van der Waals surface area contributed by atoms with Gasteiger partial charge in [-0.15, -0.1) is 0 Å². The number of benzene rings is 2. The molecule has 90 valence electrons. The van der Waals surface area contributed by atoms with E-state index in [0.29, 0.717) is 0 Å². The number of hydrogen-bond acceptors (Lipinski definition) is 2. The zero-order valence-electron chi connectivity index (χ0n) is 10.5. The lowest BCUT2D eigenvalue weighted by atomic mass is 10.1. The van der Waals surface area contributed by atoms with Crippen molar-refractivity contribution in [3.05, 3.63) is 59.7 Å². The summed E-state index contributed by atoms with van der Waals surface area (Å²) in [7, 11) is 3.56. The molecule has 2 nitrogen and oxygen atoms in total. The predicted octanol–water partition coefficient (Wildman–Crippen LogP) is 3.14. The average Bonchev–Trinajstić information content (AvgIpc) is 2.46. The van der Waals surface area contributed by atoms with Crippen molar-refractivity contribution in [3.63, 3.8) is 0 Å². The van der Waals surface area contributed by atoms with Crippen LogP contribution < -0.4 is 10.1 Å².